The first-order valence-corrected chi connectivity index (χ1v) is 6.04. The number of hydrogen-bond donors (Lipinski definition) is 1. The molecule has 1 fully saturated rings. The second-order valence-corrected chi connectivity index (χ2v) is 4.79. The second-order valence-electron chi connectivity index (χ2n) is 4.01. The summed E-state index contributed by atoms with van der Waals surface area (Å²) in [5, 5.41) is 14.4. The van der Waals surface area contributed by atoms with Gasteiger partial charge in [0, 0.05) is 6.61 Å². The van der Waals surface area contributed by atoms with Gasteiger partial charge in [-0.2, -0.15) is 11.3 Å². The Kier molecular flexibility index (Phi) is 3.21. The van der Waals surface area contributed by atoms with E-state index in [9.17, 15) is 5.11 Å². The van der Waals surface area contributed by atoms with Crippen molar-refractivity contribution in [1.82, 2.24) is 0 Å². The highest BCUT2D eigenvalue weighted by molar-refractivity contribution is 7.07. The molecule has 1 aromatic rings. The average molecular weight is 212 g/mol. The van der Waals surface area contributed by atoms with E-state index in [-0.39, 0.29) is 0 Å². The van der Waals surface area contributed by atoms with Crippen LogP contribution in [0.25, 0.3) is 0 Å². The highest BCUT2D eigenvalue weighted by Gasteiger charge is 2.29. The van der Waals surface area contributed by atoms with E-state index in [0.717, 1.165) is 32.3 Å². The van der Waals surface area contributed by atoms with E-state index < -0.39 is 5.60 Å². The largest absolute Gasteiger partial charge is 0.387 e. The van der Waals surface area contributed by atoms with Crippen LogP contribution in [-0.4, -0.2) is 23.9 Å². The van der Waals surface area contributed by atoms with Crippen LogP contribution in [0, 0.1) is 0 Å². The fraction of sp³-hybridized carbons (Fsp3) is 0.636. The van der Waals surface area contributed by atoms with E-state index in [2.05, 4.69) is 16.8 Å². The summed E-state index contributed by atoms with van der Waals surface area (Å²) in [4.78, 5) is 0. The molecule has 14 heavy (non-hydrogen) atoms. The van der Waals surface area contributed by atoms with Crippen LogP contribution in [0.1, 0.15) is 24.8 Å². The standard InChI is InChI=1S/C11H16O2S/c12-11(4-1-6-13-9-11)5-2-10-3-7-14-8-10/h3,7-8,12H,1-2,4-6,9H2. The Morgan fingerprint density at radius 1 is 1.57 bits per heavy atom. The lowest BCUT2D eigenvalue weighted by Gasteiger charge is -2.31. The van der Waals surface area contributed by atoms with Crippen LogP contribution in [0.3, 0.4) is 0 Å². The van der Waals surface area contributed by atoms with Gasteiger partial charge in [0.15, 0.2) is 0 Å². The predicted octanol–water partition coefficient (Wildman–Crippen LogP) is 2.22. The first-order chi connectivity index (χ1) is 6.79. The number of thiophene rings is 1. The van der Waals surface area contributed by atoms with E-state index in [4.69, 9.17) is 4.74 Å². The molecule has 0 saturated carbocycles. The predicted molar refractivity (Wildman–Crippen MR) is 57.6 cm³/mol. The van der Waals surface area contributed by atoms with Crippen molar-refractivity contribution in [3.05, 3.63) is 22.4 Å². The van der Waals surface area contributed by atoms with E-state index >= 15 is 0 Å². The van der Waals surface area contributed by atoms with E-state index in [1.165, 1.54) is 5.56 Å². The Morgan fingerprint density at radius 2 is 2.50 bits per heavy atom. The van der Waals surface area contributed by atoms with Crippen LogP contribution >= 0.6 is 11.3 Å². The van der Waals surface area contributed by atoms with Crippen molar-refractivity contribution in [3.8, 4) is 0 Å². The third-order valence-corrected chi connectivity index (χ3v) is 3.49. The van der Waals surface area contributed by atoms with Crippen LogP contribution in [0.4, 0.5) is 0 Å². The van der Waals surface area contributed by atoms with Gasteiger partial charge in [-0.3, -0.25) is 0 Å². The molecule has 1 N–H and O–H groups in total. The third-order valence-electron chi connectivity index (χ3n) is 2.76. The highest BCUT2D eigenvalue weighted by atomic mass is 32.1. The fourth-order valence-corrected chi connectivity index (χ4v) is 2.55. The number of aliphatic hydroxyl groups is 1. The number of hydrogen-bond acceptors (Lipinski definition) is 3. The van der Waals surface area contributed by atoms with Crippen molar-refractivity contribution in [1.29, 1.82) is 0 Å². The molecule has 2 heterocycles. The Bertz CT molecular complexity index is 263. The van der Waals surface area contributed by atoms with Gasteiger partial charge < -0.3 is 9.84 Å². The molecular formula is C11H16O2S. The van der Waals surface area contributed by atoms with Crippen molar-refractivity contribution in [3.63, 3.8) is 0 Å². The molecule has 1 atom stereocenters. The zero-order chi connectivity index (χ0) is 9.86. The molecular weight excluding hydrogens is 196 g/mol. The summed E-state index contributed by atoms with van der Waals surface area (Å²) in [5.74, 6) is 0. The normalized spacial score (nSPS) is 27.8. The van der Waals surface area contributed by atoms with Crippen LogP contribution in [0.2, 0.25) is 0 Å². The number of aryl methyl sites for hydroxylation is 1. The van der Waals surface area contributed by atoms with Gasteiger partial charge in [-0.05, 0) is 48.1 Å². The van der Waals surface area contributed by atoms with Crippen molar-refractivity contribution >= 4 is 11.3 Å². The first-order valence-electron chi connectivity index (χ1n) is 5.10. The molecule has 1 aromatic heterocycles. The summed E-state index contributed by atoms with van der Waals surface area (Å²) in [7, 11) is 0. The molecule has 0 bridgehead atoms. The highest BCUT2D eigenvalue weighted by Crippen LogP contribution is 2.24. The van der Waals surface area contributed by atoms with Crippen LogP contribution in [0.15, 0.2) is 16.8 Å². The molecule has 2 nitrogen and oxygen atoms in total. The van der Waals surface area contributed by atoms with Crippen LogP contribution in [-0.2, 0) is 11.2 Å². The molecule has 1 unspecified atom stereocenters. The molecule has 1 aliphatic rings. The molecule has 0 radical (unpaired) electrons. The van der Waals surface area contributed by atoms with Gasteiger partial charge in [-0.1, -0.05) is 0 Å². The Labute approximate surface area is 88.5 Å². The van der Waals surface area contributed by atoms with Gasteiger partial charge in [-0.15, -0.1) is 0 Å². The van der Waals surface area contributed by atoms with E-state index in [1.54, 1.807) is 11.3 Å². The number of rotatable bonds is 3. The van der Waals surface area contributed by atoms with Gasteiger partial charge in [-0.25, -0.2) is 0 Å². The Balaban J connectivity index is 1.84. The maximum absolute atomic E-state index is 10.1. The summed E-state index contributed by atoms with van der Waals surface area (Å²) in [6, 6.07) is 2.12. The smallest absolute Gasteiger partial charge is 0.0884 e. The Morgan fingerprint density at radius 3 is 3.14 bits per heavy atom. The third kappa shape index (κ3) is 2.56. The zero-order valence-corrected chi connectivity index (χ0v) is 9.05. The fourth-order valence-electron chi connectivity index (χ4n) is 1.85. The average Bonchev–Trinajstić information content (AvgIpc) is 2.69. The summed E-state index contributed by atoms with van der Waals surface area (Å²) in [5.41, 5.74) is 0.759. The van der Waals surface area contributed by atoms with Gasteiger partial charge >= 0.3 is 0 Å². The maximum atomic E-state index is 10.1. The molecule has 78 valence electrons. The van der Waals surface area contributed by atoms with E-state index in [0.29, 0.717) is 6.61 Å². The van der Waals surface area contributed by atoms with Crippen LogP contribution in [0.5, 0.6) is 0 Å². The first kappa shape index (κ1) is 10.1. The molecule has 0 amide bonds. The second kappa shape index (κ2) is 4.43. The molecule has 0 aliphatic carbocycles. The molecule has 2 rings (SSSR count). The van der Waals surface area contributed by atoms with Gasteiger partial charge in [0.25, 0.3) is 0 Å². The van der Waals surface area contributed by atoms with Crippen molar-refractivity contribution in [2.75, 3.05) is 13.2 Å². The summed E-state index contributed by atoms with van der Waals surface area (Å²) >= 11 is 1.71. The van der Waals surface area contributed by atoms with Crippen molar-refractivity contribution in [2.45, 2.75) is 31.3 Å². The monoisotopic (exact) mass is 212 g/mol. The van der Waals surface area contributed by atoms with E-state index in [1.807, 2.05) is 0 Å². The minimum atomic E-state index is -0.569. The summed E-state index contributed by atoms with van der Waals surface area (Å²) in [6.07, 6.45) is 3.66. The maximum Gasteiger partial charge on any atom is 0.0884 e. The lowest BCUT2D eigenvalue weighted by atomic mass is 9.90. The van der Waals surface area contributed by atoms with Gasteiger partial charge in [0.2, 0.25) is 0 Å². The molecule has 0 spiro atoms. The van der Waals surface area contributed by atoms with Crippen LogP contribution < -0.4 is 0 Å². The molecule has 1 aliphatic heterocycles. The zero-order valence-electron chi connectivity index (χ0n) is 8.24. The summed E-state index contributed by atoms with van der Waals surface area (Å²) < 4.78 is 5.31. The minimum Gasteiger partial charge on any atom is -0.387 e. The Hall–Kier alpha value is -0.380. The molecule has 0 aromatic carbocycles. The number of ether oxygens (including phenoxy) is 1. The lowest BCUT2D eigenvalue weighted by Crippen LogP contribution is -2.38. The van der Waals surface area contributed by atoms with Crippen molar-refractivity contribution in [2.24, 2.45) is 0 Å². The SMILES string of the molecule is OC1(CCc2ccsc2)CCCOC1. The molecule has 1 saturated heterocycles. The van der Waals surface area contributed by atoms with Gasteiger partial charge in [0.1, 0.15) is 0 Å². The topological polar surface area (TPSA) is 29.5 Å². The van der Waals surface area contributed by atoms with Gasteiger partial charge in [0.05, 0.1) is 12.2 Å². The quantitative estimate of drug-likeness (QED) is 0.832. The lowest BCUT2D eigenvalue weighted by molar-refractivity contribution is -0.0893. The minimum absolute atomic E-state index is 0.511. The summed E-state index contributed by atoms with van der Waals surface area (Å²) in [6.45, 7) is 1.32. The molecule has 3 heteroatoms. The van der Waals surface area contributed by atoms with Crippen molar-refractivity contribution < 1.29 is 9.84 Å².